The number of nitro benzene ring substituents is 1. The number of hydrogen-bond acceptors (Lipinski definition) is 6. The fourth-order valence-corrected chi connectivity index (χ4v) is 2.64. The van der Waals surface area contributed by atoms with E-state index >= 15 is 0 Å². The van der Waals surface area contributed by atoms with Crippen molar-refractivity contribution < 1.29 is 14.8 Å². The molecule has 2 atom stereocenters. The molecule has 1 heterocycles. The molecule has 0 aromatic heterocycles. The van der Waals surface area contributed by atoms with Gasteiger partial charge in [-0.15, -0.1) is 0 Å². The fraction of sp³-hybridized carbons (Fsp3) is 0.467. The zero-order chi connectivity index (χ0) is 18.1. The Bertz CT molecular complexity index is 725. The third kappa shape index (κ3) is 2.96. The average Bonchev–Trinajstić information content (AvgIpc) is 2.51. The van der Waals surface area contributed by atoms with Crippen LogP contribution in [0.5, 0.6) is 5.75 Å². The Kier molecular flexibility index (Phi) is 4.61. The van der Waals surface area contributed by atoms with Crippen LogP contribution in [0.15, 0.2) is 23.2 Å². The van der Waals surface area contributed by atoms with Gasteiger partial charge in [-0.25, -0.2) is 4.90 Å². The molecular formula is C15H19N5O4. The van der Waals surface area contributed by atoms with E-state index in [1.54, 1.807) is 20.8 Å². The van der Waals surface area contributed by atoms with Gasteiger partial charge in [-0.2, -0.15) is 5.26 Å². The Hall–Kier alpha value is -2.86. The van der Waals surface area contributed by atoms with Crippen LogP contribution in [0.3, 0.4) is 0 Å². The molecule has 0 saturated carbocycles. The van der Waals surface area contributed by atoms with E-state index in [-0.39, 0.29) is 11.6 Å². The lowest BCUT2D eigenvalue weighted by Gasteiger charge is -2.44. The number of aliphatic hydroxyl groups is 1. The molecule has 1 aromatic carbocycles. The smallest absolute Gasteiger partial charge is 0.270 e. The van der Waals surface area contributed by atoms with Crippen LogP contribution >= 0.6 is 0 Å². The molecule has 0 aliphatic carbocycles. The first kappa shape index (κ1) is 17.5. The summed E-state index contributed by atoms with van der Waals surface area (Å²) < 4.78 is 5.74. The molecular weight excluding hydrogens is 314 g/mol. The number of nitro groups is 1. The van der Waals surface area contributed by atoms with E-state index < -0.39 is 22.7 Å². The van der Waals surface area contributed by atoms with E-state index in [1.807, 2.05) is 6.19 Å². The Morgan fingerprint density at radius 2 is 2.29 bits per heavy atom. The van der Waals surface area contributed by atoms with E-state index in [0.717, 1.165) is 4.90 Å². The lowest BCUT2D eigenvalue weighted by atomic mass is 9.85. The third-order valence-corrected chi connectivity index (χ3v) is 3.86. The number of nitriles is 1. The van der Waals surface area contributed by atoms with Crippen LogP contribution in [0.4, 0.5) is 5.69 Å². The van der Waals surface area contributed by atoms with Crippen molar-refractivity contribution in [2.24, 2.45) is 10.7 Å². The molecule has 24 heavy (non-hydrogen) atoms. The number of ether oxygens (including phenoxy) is 1. The Morgan fingerprint density at radius 3 is 2.83 bits per heavy atom. The molecule has 9 nitrogen and oxygen atoms in total. The third-order valence-electron chi connectivity index (χ3n) is 3.86. The summed E-state index contributed by atoms with van der Waals surface area (Å²) in [5.74, 6) is 0.282. The van der Waals surface area contributed by atoms with E-state index in [0.29, 0.717) is 17.9 Å². The normalized spacial score (nSPS) is 22.0. The first-order valence-corrected chi connectivity index (χ1v) is 7.37. The summed E-state index contributed by atoms with van der Waals surface area (Å²) in [4.78, 5) is 15.6. The van der Waals surface area contributed by atoms with Crippen molar-refractivity contribution in [3.63, 3.8) is 0 Å². The molecule has 3 N–H and O–H groups in total. The Labute approximate surface area is 139 Å². The molecule has 9 heteroatoms. The predicted octanol–water partition coefficient (Wildman–Crippen LogP) is 1.29. The minimum atomic E-state index is -1.16. The van der Waals surface area contributed by atoms with Crippen LogP contribution in [0.1, 0.15) is 32.4 Å². The summed E-state index contributed by atoms with van der Waals surface area (Å²) in [6, 6.07) is 3.10. The van der Waals surface area contributed by atoms with Gasteiger partial charge in [-0.1, -0.05) is 0 Å². The Morgan fingerprint density at radius 1 is 1.62 bits per heavy atom. The molecule has 0 amide bonds. The number of aliphatic imine (C=N–C) groups is 1. The quantitative estimate of drug-likeness (QED) is 0.212. The molecule has 0 fully saturated rings. The van der Waals surface area contributed by atoms with Crippen LogP contribution in [-0.2, 0) is 0 Å². The molecule has 0 bridgehead atoms. The number of guanidine groups is 1. The molecule has 0 saturated heterocycles. The van der Waals surface area contributed by atoms with E-state index in [9.17, 15) is 20.5 Å². The van der Waals surface area contributed by atoms with Crippen LogP contribution < -0.4 is 10.5 Å². The molecule has 1 aromatic rings. The molecule has 0 radical (unpaired) electrons. The summed E-state index contributed by atoms with van der Waals surface area (Å²) in [5, 5.41) is 31.2. The number of nitrogens with zero attached hydrogens (tertiary/aromatic N) is 4. The summed E-state index contributed by atoms with van der Waals surface area (Å²) in [5.41, 5.74) is 4.97. The monoisotopic (exact) mass is 333 g/mol. The van der Waals surface area contributed by atoms with Crippen molar-refractivity contribution in [1.29, 1.82) is 5.26 Å². The predicted molar refractivity (Wildman–Crippen MR) is 86.2 cm³/mol. The average molecular weight is 333 g/mol. The zero-order valence-corrected chi connectivity index (χ0v) is 13.6. The topological polar surface area (TPSA) is 138 Å². The number of fused-ring (bicyclic) bond motifs is 1. The lowest BCUT2D eigenvalue weighted by Crippen LogP contribution is -2.54. The zero-order valence-electron chi connectivity index (χ0n) is 13.6. The Balaban J connectivity index is 2.64. The van der Waals surface area contributed by atoms with Crippen molar-refractivity contribution in [2.75, 3.05) is 6.54 Å². The summed E-state index contributed by atoms with van der Waals surface area (Å²) in [6.45, 7) is 5.44. The highest BCUT2D eigenvalue weighted by molar-refractivity contribution is 5.80. The second-order valence-electron chi connectivity index (χ2n) is 5.88. The van der Waals surface area contributed by atoms with E-state index in [2.05, 4.69) is 4.99 Å². The highest BCUT2D eigenvalue weighted by Crippen LogP contribution is 2.43. The minimum absolute atomic E-state index is 0.0702. The second kappa shape index (κ2) is 6.33. The first-order chi connectivity index (χ1) is 11.2. The van der Waals surface area contributed by atoms with Gasteiger partial charge in [-0.05, 0) is 26.8 Å². The van der Waals surface area contributed by atoms with Gasteiger partial charge in [0.25, 0.3) is 5.69 Å². The number of nitrogens with two attached hydrogens (primary N) is 1. The van der Waals surface area contributed by atoms with Crippen LogP contribution in [0.2, 0.25) is 0 Å². The molecule has 2 unspecified atom stereocenters. The summed E-state index contributed by atoms with van der Waals surface area (Å²) in [6.07, 6.45) is 0.751. The standard InChI is InChI=1S/C15H19N5O4/c1-4-18-14(17)19(8-16)12-10-7-9(20(22)23)5-6-11(10)24-15(2,3)13(12)21/h5-7,12-13,21H,4H2,1-3H3,(H2,17,18). The van der Waals surface area contributed by atoms with Crippen LogP contribution in [-0.4, -0.2) is 39.1 Å². The maximum absolute atomic E-state index is 11.1. The summed E-state index contributed by atoms with van der Waals surface area (Å²) in [7, 11) is 0. The first-order valence-electron chi connectivity index (χ1n) is 7.37. The molecule has 1 aliphatic heterocycles. The van der Waals surface area contributed by atoms with Gasteiger partial charge in [0.2, 0.25) is 5.96 Å². The largest absolute Gasteiger partial charge is 0.485 e. The number of hydrogen-bond donors (Lipinski definition) is 2. The van der Waals surface area contributed by atoms with Crippen LogP contribution in [0.25, 0.3) is 0 Å². The van der Waals surface area contributed by atoms with Gasteiger partial charge in [0, 0.05) is 24.2 Å². The van der Waals surface area contributed by atoms with Gasteiger partial charge in [-0.3, -0.25) is 15.1 Å². The van der Waals surface area contributed by atoms with Crippen molar-refractivity contribution in [3.8, 4) is 11.9 Å². The SMILES string of the molecule is CCN=C(N)N(C#N)C1c2cc([N+](=O)[O-])ccc2OC(C)(C)C1O. The molecule has 128 valence electrons. The van der Waals surface area contributed by atoms with Crippen molar-refractivity contribution in [1.82, 2.24) is 4.90 Å². The van der Waals surface area contributed by atoms with Gasteiger partial charge in [0.1, 0.15) is 23.5 Å². The number of aliphatic hydroxyl groups excluding tert-OH is 1. The van der Waals surface area contributed by atoms with Gasteiger partial charge in [0.15, 0.2) is 6.19 Å². The lowest BCUT2D eigenvalue weighted by molar-refractivity contribution is -0.385. The van der Waals surface area contributed by atoms with E-state index in [4.69, 9.17) is 10.5 Å². The van der Waals surface area contributed by atoms with Crippen molar-refractivity contribution in [2.45, 2.75) is 38.5 Å². The van der Waals surface area contributed by atoms with Gasteiger partial charge >= 0.3 is 0 Å². The molecule has 0 spiro atoms. The van der Waals surface area contributed by atoms with Crippen LogP contribution in [0, 0.1) is 21.6 Å². The number of rotatable bonds is 3. The van der Waals surface area contributed by atoms with Crippen molar-refractivity contribution in [3.05, 3.63) is 33.9 Å². The molecule has 1 aliphatic rings. The van der Waals surface area contributed by atoms with Crippen molar-refractivity contribution >= 4 is 11.6 Å². The van der Waals surface area contributed by atoms with Gasteiger partial charge in [0.05, 0.1) is 4.92 Å². The van der Waals surface area contributed by atoms with Gasteiger partial charge < -0.3 is 15.6 Å². The highest BCUT2D eigenvalue weighted by atomic mass is 16.6. The maximum atomic E-state index is 11.1. The summed E-state index contributed by atoms with van der Waals surface area (Å²) >= 11 is 0. The number of benzene rings is 1. The number of non-ortho nitro benzene ring substituents is 1. The minimum Gasteiger partial charge on any atom is -0.485 e. The fourth-order valence-electron chi connectivity index (χ4n) is 2.64. The van der Waals surface area contributed by atoms with E-state index in [1.165, 1.54) is 18.2 Å². The highest BCUT2D eigenvalue weighted by Gasteiger charge is 2.47. The maximum Gasteiger partial charge on any atom is 0.270 e. The molecule has 2 rings (SSSR count). The second-order valence-corrected chi connectivity index (χ2v) is 5.88.